The molecule has 1 unspecified atom stereocenters. The van der Waals surface area contributed by atoms with Gasteiger partial charge in [0, 0.05) is 5.39 Å². The topological polar surface area (TPSA) is 94.1 Å². The molecular formula is C16H14N4O2. The van der Waals surface area contributed by atoms with Gasteiger partial charge in [-0.05, 0) is 24.3 Å². The van der Waals surface area contributed by atoms with Gasteiger partial charge in [0.1, 0.15) is 5.69 Å². The Morgan fingerprint density at radius 3 is 2.77 bits per heavy atom. The molecule has 1 aromatic heterocycles. The lowest BCUT2D eigenvalue weighted by molar-refractivity contribution is -0.382. The van der Waals surface area contributed by atoms with Gasteiger partial charge in [-0.1, -0.05) is 30.9 Å². The number of nitrogens with zero attached hydrogens (tertiary/aromatic N) is 2. The number of hydrogen-bond acceptors (Lipinski definition) is 5. The molecule has 6 heteroatoms. The summed E-state index contributed by atoms with van der Waals surface area (Å²) in [6.45, 7) is 3.56. The smallest absolute Gasteiger partial charge is 0.301 e. The summed E-state index contributed by atoms with van der Waals surface area (Å²) in [5, 5.41) is 15.7. The van der Waals surface area contributed by atoms with Crippen LogP contribution in [-0.2, 0) is 0 Å². The highest BCUT2D eigenvalue weighted by atomic mass is 16.6. The van der Waals surface area contributed by atoms with E-state index in [0.717, 1.165) is 10.9 Å². The zero-order chi connectivity index (χ0) is 15.7. The highest BCUT2D eigenvalue weighted by Gasteiger charge is 2.20. The summed E-state index contributed by atoms with van der Waals surface area (Å²) in [6.07, 6.45) is 0.914. The lowest BCUT2D eigenvalue weighted by atomic mass is 10.1. The maximum atomic E-state index is 11.5. The fourth-order valence-electron chi connectivity index (χ4n) is 2.39. The van der Waals surface area contributed by atoms with Crippen LogP contribution in [0, 0.1) is 10.1 Å². The number of pyridine rings is 1. The molecule has 3 N–H and O–H groups in total. The average Bonchev–Trinajstić information content (AvgIpc) is 2.52. The minimum absolute atomic E-state index is 0.0342. The molecule has 0 saturated heterocycles. The van der Waals surface area contributed by atoms with Gasteiger partial charge in [0.25, 0.3) is 0 Å². The summed E-state index contributed by atoms with van der Waals surface area (Å²) >= 11 is 0. The van der Waals surface area contributed by atoms with Crippen LogP contribution in [0.5, 0.6) is 0 Å². The van der Waals surface area contributed by atoms with Crippen molar-refractivity contribution in [2.45, 2.75) is 6.17 Å². The summed E-state index contributed by atoms with van der Waals surface area (Å²) in [7, 11) is 0. The number of benzene rings is 2. The van der Waals surface area contributed by atoms with Gasteiger partial charge in [-0.25, -0.2) is 4.98 Å². The molecule has 0 bridgehead atoms. The van der Waals surface area contributed by atoms with Gasteiger partial charge in [-0.3, -0.25) is 10.1 Å². The second-order valence-corrected chi connectivity index (χ2v) is 4.87. The van der Waals surface area contributed by atoms with Crippen LogP contribution in [0.25, 0.3) is 21.8 Å². The van der Waals surface area contributed by atoms with E-state index in [2.05, 4.69) is 16.9 Å². The van der Waals surface area contributed by atoms with Crippen molar-refractivity contribution in [1.82, 2.24) is 4.98 Å². The monoisotopic (exact) mass is 294 g/mol. The van der Waals surface area contributed by atoms with Crippen LogP contribution < -0.4 is 11.1 Å². The van der Waals surface area contributed by atoms with E-state index in [4.69, 9.17) is 5.73 Å². The van der Waals surface area contributed by atoms with Crippen LogP contribution in [0.1, 0.15) is 0 Å². The van der Waals surface area contributed by atoms with E-state index >= 15 is 0 Å². The number of nitro benzene ring substituents is 1. The van der Waals surface area contributed by atoms with Gasteiger partial charge < -0.3 is 11.1 Å². The first kappa shape index (κ1) is 14.0. The Morgan fingerprint density at radius 1 is 1.27 bits per heavy atom. The molecule has 110 valence electrons. The number of nitrogens with one attached hydrogen (secondary N) is 1. The molecule has 0 radical (unpaired) electrons. The number of para-hydroxylation sites is 1. The Bertz CT molecular complexity index is 892. The molecule has 0 aliphatic rings. The number of hydrogen-bond donors (Lipinski definition) is 2. The Kier molecular flexibility index (Phi) is 3.44. The molecule has 0 fully saturated rings. The zero-order valence-corrected chi connectivity index (χ0v) is 11.7. The van der Waals surface area contributed by atoms with Crippen molar-refractivity contribution in [1.29, 1.82) is 0 Å². The van der Waals surface area contributed by atoms with Crippen LogP contribution >= 0.6 is 0 Å². The lowest BCUT2D eigenvalue weighted by Crippen LogP contribution is -2.26. The van der Waals surface area contributed by atoms with Crippen molar-refractivity contribution in [3.05, 3.63) is 65.2 Å². The fourth-order valence-corrected chi connectivity index (χ4v) is 2.39. The molecule has 1 heterocycles. The molecule has 1 atom stereocenters. The molecule has 3 rings (SSSR count). The van der Waals surface area contributed by atoms with Crippen LogP contribution in [0.2, 0.25) is 0 Å². The largest absolute Gasteiger partial charge is 0.361 e. The van der Waals surface area contributed by atoms with Crippen LogP contribution in [-0.4, -0.2) is 16.1 Å². The molecule has 0 spiro atoms. The molecule has 0 aliphatic heterocycles. The Morgan fingerprint density at radius 2 is 2.05 bits per heavy atom. The first-order valence-electron chi connectivity index (χ1n) is 6.71. The fraction of sp³-hybridized carbons (Fsp3) is 0.0625. The van der Waals surface area contributed by atoms with Crippen molar-refractivity contribution >= 4 is 33.2 Å². The zero-order valence-electron chi connectivity index (χ0n) is 11.7. The van der Waals surface area contributed by atoms with Gasteiger partial charge in [0.2, 0.25) is 0 Å². The third-order valence-electron chi connectivity index (χ3n) is 3.43. The minimum atomic E-state index is -0.565. The highest BCUT2D eigenvalue weighted by Crippen LogP contribution is 2.34. The van der Waals surface area contributed by atoms with Crippen LogP contribution in [0.15, 0.2) is 55.1 Å². The summed E-state index contributed by atoms with van der Waals surface area (Å²) in [6, 6.07) is 12.6. The van der Waals surface area contributed by atoms with Gasteiger partial charge in [0.15, 0.2) is 0 Å². The van der Waals surface area contributed by atoms with E-state index in [1.807, 2.05) is 24.3 Å². The number of rotatable bonds is 4. The Hall–Kier alpha value is -2.99. The van der Waals surface area contributed by atoms with Gasteiger partial charge in [0.05, 0.1) is 27.5 Å². The number of anilines is 1. The summed E-state index contributed by atoms with van der Waals surface area (Å²) in [5.41, 5.74) is 7.43. The van der Waals surface area contributed by atoms with Gasteiger partial charge in [-0.15, -0.1) is 0 Å². The normalized spacial score (nSPS) is 12.2. The highest BCUT2D eigenvalue weighted by molar-refractivity contribution is 6.01. The number of fused-ring (bicyclic) bond motifs is 2. The molecule has 0 aliphatic carbocycles. The molecular weight excluding hydrogens is 280 g/mol. The van der Waals surface area contributed by atoms with Crippen molar-refractivity contribution in [3.8, 4) is 0 Å². The quantitative estimate of drug-likeness (QED) is 0.253. The predicted molar refractivity (Wildman–Crippen MR) is 87.7 cm³/mol. The second-order valence-electron chi connectivity index (χ2n) is 4.87. The Labute approximate surface area is 126 Å². The summed E-state index contributed by atoms with van der Waals surface area (Å²) in [4.78, 5) is 15.6. The molecule has 6 nitrogen and oxygen atoms in total. The first-order valence-corrected chi connectivity index (χ1v) is 6.71. The van der Waals surface area contributed by atoms with E-state index in [-0.39, 0.29) is 5.69 Å². The maximum absolute atomic E-state index is 11.5. The number of nitrogens with two attached hydrogens (primary N) is 1. The molecule has 0 amide bonds. The minimum Gasteiger partial charge on any atom is -0.361 e. The first-order chi connectivity index (χ1) is 10.6. The van der Waals surface area contributed by atoms with Crippen LogP contribution in [0.4, 0.5) is 11.4 Å². The number of nitro groups is 1. The van der Waals surface area contributed by atoms with E-state index < -0.39 is 11.1 Å². The Balaban J connectivity index is 2.30. The van der Waals surface area contributed by atoms with Crippen LogP contribution in [0.3, 0.4) is 0 Å². The molecule has 0 saturated carbocycles. The van der Waals surface area contributed by atoms with E-state index in [9.17, 15) is 10.1 Å². The lowest BCUT2D eigenvalue weighted by Gasteiger charge is -2.12. The average molecular weight is 294 g/mol. The van der Waals surface area contributed by atoms with E-state index in [0.29, 0.717) is 16.6 Å². The third kappa shape index (κ3) is 2.36. The van der Waals surface area contributed by atoms with Crippen molar-refractivity contribution < 1.29 is 4.92 Å². The van der Waals surface area contributed by atoms with Gasteiger partial charge >= 0.3 is 5.69 Å². The third-order valence-corrected chi connectivity index (χ3v) is 3.43. The standard InChI is InChI=1S/C16H14N4O2/c1-2-15(17)19-14-8-7-13-11(16(14)20(21)22)9-10-5-3-4-6-12(10)18-13/h2-9,15,19H,1,17H2. The van der Waals surface area contributed by atoms with Gasteiger partial charge in [-0.2, -0.15) is 0 Å². The van der Waals surface area contributed by atoms with Crippen molar-refractivity contribution in [3.63, 3.8) is 0 Å². The maximum Gasteiger partial charge on any atom is 0.301 e. The van der Waals surface area contributed by atoms with E-state index in [1.54, 1.807) is 18.2 Å². The molecule has 22 heavy (non-hydrogen) atoms. The van der Waals surface area contributed by atoms with Crippen molar-refractivity contribution in [2.75, 3.05) is 5.32 Å². The second kappa shape index (κ2) is 5.42. The van der Waals surface area contributed by atoms with Crippen molar-refractivity contribution in [2.24, 2.45) is 5.73 Å². The SMILES string of the molecule is C=CC(N)Nc1ccc2nc3ccccc3cc2c1[N+](=O)[O-]. The summed E-state index contributed by atoms with van der Waals surface area (Å²) in [5.74, 6) is 0. The summed E-state index contributed by atoms with van der Waals surface area (Å²) < 4.78 is 0. The predicted octanol–water partition coefficient (Wildman–Crippen LogP) is 3.18. The van der Waals surface area contributed by atoms with E-state index in [1.165, 1.54) is 6.08 Å². The molecule has 3 aromatic rings. The number of aromatic nitrogens is 1. The molecule has 2 aromatic carbocycles.